The zero-order chi connectivity index (χ0) is 20.0. The van der Waals surface area contributed by atoms with Crippen LogP contribution in [0.3, 0.4) is 0 Å². The molecule has 148 valence electrons. The molecule has 1 aromatic heterocycles. The minimum atomic E-state index is -0.591. The molecule has 27 heavy (non-hydrogen) atoms. The molecule has 2 amide bonds. The van der Waals surface area contributed by atoms with Crippen molar-refractivity contribution < 1.29 is 23.9 Å². The third-order valence-corrected chi connectivity index (χ3v) is 5.94. The van der Waals surface area contributed by atoms with Crippen LogP contribution in [-0.4, -0.2) is 55.2 Å². The van der Waals surface area contributed by atoms with Crippen molar-refractivity contribution in [1.82, 2.24) is 4.90 Å². The molecule has 0 radical (unpaired) electrons. The maximum absolute atomic E-state index is 12.9. The van der Waals surface area contributed by atoms with Gasteiger partial charge in [0.25, 0.3) is 5.91 Å². The van der Waals surface area contributed by atoms with Crippen molar-refractivity contribution in [3.63, 3.8) is 0 Å². The molecule has 0 N–H and O–H groups in total. The summed E-state index contributed by atoms with van der Waals surface area (Å²) < 4.78 is 10.4. The Morgan fingerprint density at radius 2 is 2.00 bits per heavy atom. The van der Waals surface area contributed by atoms with Gasteiger partial charge in [0.1, 0.15) is 17.1 Å². The Labute approximate surface area is 163 Å². The van der Waals surface area contributed by atoms with E-state index in [1.165, 1.54) is 16.2 Å². The number of nitrogens with zero attached hydrogens (tertiary/aromatic N) is 2. The third-order valence-electron chi connectivity index (χ3n) is 4.74. The first-order chi connectivity index (χ1) is 12.6. The molecule has 1 aromatic rings. The summed E-state index contributed by atoms with van der Waals surface area (Å²) in [7, 11) is 1.64. The predicted molar refractivity (Wildman–Crippen MR) is 102 cm³/mol. The first-order valence-corrected chi connectivity index (χ1v) is 9.94. The van der Waals surface area contributed by atoms with Gasteiger partial charge < -0.3 is 14.4 Å². The number of anilines is 1. The smallest absolute Gasteiger partial charge is 0.415 e. The van der Waals surface area contributed by atoms with Crippen LogP contribution in [0.15, 0.2) is 6.07 Å². The molecule has 1 aliphatic carbocycles. The van der Waals surface area contributed by atoms with Crippen LogP contribution >= 0.6 is 11.3 Å². The Morgan fingerprint density at radius 3 is 2.56 bits per heavy atom. The van der Waals surface area contributed by atoms with Gasteiger partial charge in [-0.2, -0.15) is 0 Å². The lowest BCUT2D eigenvalue weighted by molar-refractivity contribution is -0.143. The standard InChI is InChI=1S/C19H26N2O5S/c1-6-25-14(22)10-21-11-19(7-8-19)12-9-13(27-15(12)16(21)23)20(5)17(24)26-18(2,3)4/h9H,6-8,10-11H2,1-5H3. The van der Waals surface area contributed by atoms with Gasteiger partial charge in [0.05, 0.1) is 11.5 Å². The van der Waals surface area contributed by atoms with Crippen LogP contribution in [0.1, 0.15) is 55.8 Å². The molecule has 1 spiro atoms. The van der Waals surface area contributed by atoms with Crippen LogP contribution in [-0.2, 0) is 19.7 Å². The van der Waals surface area contributed by atoms with Crippen LogP contribution < -0.4 is 4.90 Å². The van der Waals surface area contributed by atoms with E-state index in [9.17, 15) is 14.4 Å². The maximum atomic E-state index is 12.9. The van der Waals surface area contributed by atoms with E-state index < -0.39 is 17.7 Å². The maximum Gasteiger partial charge on any atom is 0.415 e. The van der Waals surface area contributed by atoms with Crippen molar-refractivity contribution >= 4 is 34.3 Å². The summed E-state index contributed by atoms with van der Waals surface area (Å²) >= 11 is 1.27. The summed E-state index contributed by atoms with van der Waals surface area (Å²) in [5.74, 6) is -0.572. The topological polar surface area (TPSA) is 76.2 Å². The lowest BCUT2D eigenvalue weighted by atomic mass is 9.91. The Balaban J connectivity index is 1.84. The summed E-state index contributed by atoms with van der Waals surface area (Å²) in [6, 6.07) is 1.93. The highest BCUT2D eigenvalue weighted by molar-refractivity contribution is 7.18. The summed E-state index contributed by atoms with van der Waals surface area (Å²) in [6.07, 6.45) is 1.49. The Morgan fingerprint density at radius 1 is 1.33 bits per heavy atom. The van der Waals surface area contributed by atoms with Crippen molar-refractivity contribution in [2.24, 2.45) is 0 Å². The lowest BCUT2D eigenvalue weighted by Crippen LogP contribution is -2.45. The fraction of sp³-hybridized carbons (Fsp3) is 0.632. The summed E-state index contributed by atoms with van der Waals surface area (Å²) in [6.45, 7) is 7.96. The predicted octanol–water partition coefficient (Wildman–Crippen LogP) is 3.17. The van der Waals surface area contributed by atoms with Crippen LogP contribution in [0.5, 0.6) is 0 Å². The Bertz CT molecular complexity index is 776. The number of thiophene rings is 1. The van der Waals surface area contributed by atoms with Crippen LogP contribution in [0.25, 0.3) is 0 Å². The van der Waals surface area contributed by atoms with Gasteiger partial charge >= 0.3 is 12.1 Å². The highest BCUT2D eigenvalue weighted by atomic mass is 32.1. The van der Waals surface area contributed by atoms with Crippen molar-refractivity contribution in [3.05, 3.63) is 16.5 Å². The summed E-state index contributed by atoms with van der Waals surface area (Å²) in [4.78, 5) is 40.7. The van der Waals surface area contributed by atoms with Gasteiger partial charge in [0.15, 0.2) is 0 Å². The number of carbonyl (C=O) groups is 3. The minimum Gasteiger partial charge on any atom is -0.465 e. The summed E-state index contributed by atoms with van der Waals surface area (Å²) in [5.41, 5.74) is 0.300. The molecule has 2 heterocycles. The molecule has 8 heteroatoms. The van der Waals surface area contributed by atoms with Crippen molar-refractivity contribution in [2.45, 2.75) is 51.6 Å². The first kappa shape index (κ1) is 19.7. The molecule has 0 aromatic carbocycles. The molecule has 2 aliphatic rings. The normalized spacial score (nSPS) is 17.5. The van der Waals surface area contributed by atoms with Gasteiger partial charge in [-0.15, -0.1) is 11.3 Å². The molecular formula is C19H26N2O5S. The van der Waals surface area contributed by atoms with Crippen LogP contribution in [0.4, 0.5) is 9.80 Å². The highest BCUT2D eigenvalue weighted by Gasteiger charge is 2.53. The van der Waals surface area contributed by atoms with Crippen LogP contribution in [0.2, 0.25) is 0 Å². The molecule has 3 rings (SSSR count). The van der Waals surface area contributed by atoms with E-state index in [1.54, 1.807) is 18.9 Å². The lowest BCUT2D eigenvalue weighted by Gasteiger charge is -2.32. The average Bonchev–Trinajstić information content (AvgIpc) is 3.17. The number of hydrogen-bond acceptors (Lipinski definition) is 6. The molecule has 1 saturated carbocycles. The second-order valence-corrected chi connectivity index (χ2v) is 9.14. The number of amides is 2. The second kappa shape index (κ2) is 6.82. The van der Waals surface area contributed by atoms with E-state index in [4.69, 9.17) is 9.47 Å². The van der Waals surface area contributed by atoms with Gasteiger partial charge in [-0.3, -0.25) is 14.5 Å². The minimum absolute atomic E-state index is 0.0387. The van der Waals surface area contributed by atoms with Gasteiger partial charge in [0, 0.05) is 19.0 Å². The molecular weight excluding hydrogens is 368 g/mol. The zero-order valence-corrected chi connectivity index (χ0v) is 17.3. The largest absolute Gasteiger partial charge is 0.465 e. The second-order valence-electron chi connectivity index (χ2n) is 8.11. The Kier molecular flexibility index (Phi) is 4.96. The van der Waals surface area contributed by atoms with E-state index >= 15 is 0 Å². The first-order valence-electron chi connectivity index (χ1n) is 9.12. The van der Waals surface area contributed by atoms with Crippen molar-refractivity contribution in [1.29, 1.82) is 0 Å². The zero-order valence-electron chi connectivity index (χ0n) is 16.5. The monoisotopic (exact) mass is 394 g/mol. The van der Waals surface area contributed by atoms with E-state index in [-0.39, 0.29) is 17.9 Å². The number of carbonyl (C=O) groups excluding carboxylic acids is 3. The molecule has 0 saturated heterocycles. The number of hydrogen-bond donors (Lipinski definition) is 0. The molecule has 0 atom stereocenters. The number of esters is 1. The van der Waals surface area contributed by atoms with Crippen molar-refractivity contribution in [3.8, 4) is 0 Å². The molecule has 7 nitrogen and oxygen atoms in total. The fourth-order valence-corrected chi connectivity index (χ4v) is 4.45. The van der Waals surface area contributed by atoms with E-state index in [2.05, 4.69) is 0 Å². The van der Waals surface area contributed by atoms with Crippen LogP contribution in [0, 0.1) is 0 Å². The molecule has 0 bridgehead atoms. The van der Waals surface area contributed by atoms with Gasteiger partial charge in [0.2, 0.25) is 0 Å². The summed E-state index contributed by atoms with van der Waals surface area (Å²) in [5, 5.41) is 0.673. The molecule has 1 fully saturated rings. The highest BCUT2D eigenvalue weighted by Crippen LogP contribution is 2.55. The van der Waals surface area contributed by atoms with Crippen molar-refractivity contribution in [2.75, 3.05) is 31.6 Å². The van der Waals surface area contributed by atoms with E-state index in [1.807, 2.05) is 26.8 Å². The number of fused-ring (bicyclic) bond motifs is 2. The number of rotatable bonds is 4. The van der Waals surface area contributed by atoms with Gasteiger partial charge in [-0.1, -0.05) is 0 Å². The Hall–Kier alpha value is -2.09. The van der Waals surface area contributed by atoms with E-state index in [0.717, 1.165) is 18.4 Å². The molecule has 1 aliphatic heterocycles. The third kappa shape index (κ3) is 3.95. The average molecular weight is 394 g/mol. The fourth-order valence-electron chi connectivity index (χ4n) is 3.25. The number of ether oxygens (including phenoxy) is 2. The van der Waals surface area contributed by atoms with Gasteiger partial charge in [-0.05, 0) is 52.2 Å². The SMILES string of the molecule is CCOC(=O)CN1CC2(CC2)c2cc(N(C)C(=O)OC(C)(C)C)sc2C1=O. The quantitative estimate of drug-likeness (QED) is 0.733. The van der Waals surface area contributed by atoms with E-state index in [0.29, 0.717) is 23.0 Å². The van der Waals surface area contributed by atoms with Gasteiger partial charge in [-0.25, -0.2) is 4.79 Å². The molecule has 0 unspecified atom stereocenters.